The monoisotopic (exact) mass is 431 g/mol. The van der Waals surface area contributed by atoms with E-state index < -0.39 is 10.0 Å². The third-order valence-electron chi connectivity index (χ3n) is 4.01. The molecule has 3 rings (SSSR count). The highest BCUT2D eigenvalue weighted by atomic mass is 32.2. The Hall–Kier alpha value is -2.78. The Morgan fingerprint density at radius 3 is 2.45 bits per heavy atom. The van der Waals surface area contributed by atoms with Crippen molar-refractivity contribution in [1.82, 2.24) is 5.16 Å². The summed E-state index contributed by atoms with van der Waals surface area (Å²) in [5.41, 5.74) is 1.68. The number of nitrogens with zero attached hydrogens (tertiary/aromatic N) is 1. The minimum Gasteiger partial charge on any atom is -0.360 e. The number of nitrogens with one attached hydrogen (secondary N) is 2. The molecule has 0 aliphatic heterocycles. The van der Waals surface area contributed by atoms with Crippen molar-refractivity contribution < 1.29 is 17.7 Å². The molecule has 0 bridgehead atoms. The lowest BCUT2D eigenvalue weighted by Gasteiger charge is -2.12. The third-order valence-corrected chi connectivity index (χ3v) is 6.60. The van der Waals surface area contributed by atoms with Crippen LogP contribution in [0.25, 0.3) is 0 Å². The van der Waals surface area contributed by atoms with E-state index in [1.807, 2.05) is 37.3 Å². The molecule has 1 heterocycles. The van der Waals surface area contributed by atoms with Crippen molar-refractivity contribution in [2.45, 2.75) is 29.7 Å². The quantitative estimate of drug-likeness (QED) is 0.558. The zero-order valence-electron chi connectivity index (χ0n) is 16.0. The van der Waals surface area contributed by atoms with Gasteiger partial charge in [-0.3, -0.25) is 9.52 Å². The molecule has 29 heavy (non-hydrogen) atoms. The largest absolute Gasteiger partial charge is 0.360 e. The lowest BCUT2D eigenvalue weighted by atomic mass is 10.2. The molecule has 0 aliphatic rings. The van der Waals surface area contributed by atoms with E-state index in [2.05, 4.69) is 15.2 Å². The molecule has 1 aromatic heterocycles. The molecule has 0 saturated carbocycles. The zero-order valence-corrected chi connectivity index (χ0v) is 17.6. The smallest absolute Gasteiger partial charge is 0.263 e. The predicted molar refractivity (Wildman–Crippen MR) is 114 cm³/mol. The van der Waals surface area contributed by atoms with Crippen molar-refractivity contribution in [3.63, 3.8) is 0 Å². The summed E-state index contributed by atoms with van der Waals surface area (Å²) in [6.07, 6.45) is 0. The number of aromatic nitrogens is 1. The van der Waals surface area contributed by atoms with E-state index in [1.165, 1.54) is 30.0 Å². The molecule has 0 spiro atoms. The fourth-order valence-corrected chi connectivity index (χ4v) is 4.27. The molecular weight excluding hydrogens is 410 g/mol. The van der Waals surface area contributed by atoms with Gasteiger partial charge in [0, 0.05) is 17.5 Å². The number of aryl methyl sites for hydroxylation is 1. The van der Waals surface area contributed by atoms with E-state index in [0.717, 1.165) is 11.3 Å². The van der Waals surface area contributed by atoms with Crippen LogP contribution in [-0.2, 0) is 20.6 Å². The second kappa shape index (κ2) is 9.15. The topological polar surface area (TPSA) is 101 Å². The van der Waals surface area contributed by atoms with Gasteiger partial charge in [0.2, 0.25) is 5.91 Å². The number of hydrogen-bond acceptors (Lipinski definition) is 6. The maximum absolute atomic E-state index is 12.4. The predicted octanol–water partition coefficient (Wildman–Crippen LogP) is 4.04. The van der Waals surface area contributed by atoms with Crippen LogP contribution in [0.3, 0.4) is 0 Å². The Morgan fingerprint density at radius 1 is 1.14 bits per heavy atom. The van der Waals surface area contributed by atoms with E-state index in [4.69, 9.17) is 4.52 Å². The van der Waals surface area contributed by atoms with E-state index in [9.17, 15) is 13.2 Å². The number of sulfonamides is 1. The molecule has 1 atom stereocenters. The van der Waals surface area contributed by atoms with Crippen molar-refractivity contribution in [3.8, 4) is 0 Å². The number of rotatable bonds is 8. The highest BCUT2D eigenvalue weighted by Crippen LogP contribution is 2.21. The summed E-state index contributed by atoms with van der Waals surface area (Å²) in [5.74, 6) is 1.21. The number of carbonyl (C=O) groups excluding carboxylic acids is 1. The summed E-state index contributed by atoms with van der Waals surface area (Å²) in [6.45, 7) is 3.51. The van der Waals surface area contributed by atoms with Gasteiger partial charge in [0.05, 0.1) is 10.1 Å². The van der Waals surface area contributed by atoms with E-state index >= 15 is 0 Å². The number of amides is 1. The van der Waals surface area contributed by atoms with Crippen LogP contribution in [0.2, 0.25) is 0 Å². The number of hydrogen-bond donors (Lipinski definition) is 2. The first-order valence-corrected chi connectivity index (χ1v) is 11.4. The fraction of sp³-hybridized carbons (Fsp3) is 0.200. The van der Waals surface area contributed by atoms with Crippen molar-refractivity contribution in [1.29, 1.82) is 0 Å². The SMILES string of the molecule is Cc1cc(NS(=O)(=O)c2ccc(NC(=O)C(C)SCc3ccccc3)cc2)no1. The minimum absolute atomic E-state index is 0.0580. The summed E-state index contributed by atoms with van der Waals surface area (Å²) >= 11 is 1.53. The Labute approximate surface area is 173 Å². The fourth-order valence-electron chi connectivity index (χ4n) is 2.44. The summed E-state index contributed by atoms with van der Waals surface area (Å²) in [4.78, 5) is 12.4. The van der Waals surface area contributed by atoms with Crippen molar-refractivity contribution in [2.75, 3.05) is 10.0 Å². The Morgan fingerprint density at radius 2 is 1.83 bits per heavy atom. The number of anilines is 2. The Kier molecular flexibility index (Phi) is 6.60. The van der Waals surface area contributed by atoms with Crippen LogP contribution in [0.4, 0.5) is 11.5 Å². The van der Waals surface area contributed by atoms with Gasteiger partial charge in [-0.1, -0.05) is 35.5 Å². The van der Waals surface area contributed by atoms with Gasteiger partial charge in [0.1, 0.15) is 5.76 Å². The van der Waals surface area contributed by atoms with E-state index in [0.29, 0.717) is 11.4 Å². The third kappa shape index (κ3) is 5.85. The van der Waals surface area contributed by atoms with Crippen LogP contribution in [0.5, 0.6) is 0 Å². The molecule has 3 aromatic rings. The summed E-state index contributed by atoms with van der Waals surface area (Å²) < 4.78 is 32.0. The van der Waals surface area contributed by atoms with Gasteiger partial charge in [-0.2, -0.15) is 0 Å². The number of carbonyl (C=O) groups is 1. The summed E-state index contributed by atoms with van der Waals surface area (Å²) in [7, 11) is -3.79. The molecule has 0 radical (unpaired) electrons. The highest BCUT2D eigenvalue weighted by Gasteiger charge is 2.17. The molecule has 9 heteroatoms. The Balaban J connectivity index is 1.57. The van der Waals surface area contributed by atoms with Gasteiger partial charge in [0.25, 0.3) is 10.0 Å². The van der Waals surface area contributed by atoms with Crippen molar-refractivity contribution in [2.24, 2.45) is 0 Å². The van der Waals surface area contributed by atoms with Gasteiger partial charge in [-0.15, -0.1) is 11.8 Å². The van der Waals surface area contributed by atoms with Crippen LogP contribution in [0, 0.1) is 6.92 Å². The van der Waals surface area contributed by atoms with Crippen LogP contribution >= 0.6 is 11.8 Å². The standard InChI is InChI=1S/C20H21N3O4S2/c1-14-12-19(22-27-14)23-29(25,26)18-10-8-17(9-11-18)21-20(24)15(2)28-13-16-6-4-3-5-7-16/h3-12,15H,13H2,1-2H3,(H,21,24)(H,22,23). The Bertz CT molecular complexity index is 1060. The molecule has 0 saturated heterocycles. The first kappa shape index (κ1) is 20.9. The molecule has 1 amide bonds. The van der Waals surface area contributed by atoms with E-state index in [1.54, 1.807) is 19.1 Å². The average Bonchev–Trinajstić information content (AvgIpc) is 3.11. The molecule has 152 valence electrons. The van der Waals surface area contributed by atoms with Crippen LogP contribution in [0.15, 0.2) is 70.1 Å². The van der Waals surface area contributed by atoms with Gasteiger partial charge in [-0.25, -0.2) is 8.42 Å². The van der Waals surface area contributed by atoms with Crippen LogP contribution < -0.4 is 10.0 Å². The van der Waals surface area contributed by atoms with Crippen molar-refractivity contribution in [3.05, 3.63) is 72.0 Å². The average molecular weight is 432 g/mol. The van der Waals surface area contributed by atoms with Gasteiger partial charge in [0.15, 0.2) is 5.82 Å². The highest BCUT2D eigenvalue weighted by molar-refractivity contribution is 7.99. The van der Waals surface area contributed by atoms with E-state index in [-0.39, 0.29) is 21.9 Å². The summed E-state index contributed by atoms with van der Waals surface area (Å²) in [5, 5.41) is 6.17. The second-order valence-corrected chi connectivity index (χ2v) is 9.39. The molecule has 0 fully saturated rings. The van der Waals surface area contributed by atoms with Crippen LogP contribution in [0.1, 0.15) is 18.2 Å². The lowest BCUT2D eigenvalue weighted by Crippen LogP contribution is -2.22. The van der Waals surface area contributed by atoms with Gasteiger partial charge in [-0.05, 0) is 43.7 Å². The second-order valence-electron chi connectivity index (χ2n) is 6.38. The lowest BCUT2D eigenvalue weighted by molar-refractivity contribution is -0.115. The van der Waals surface area contributed by atoms with Gasteiger partial charge >= 0.3 is 0 Å². The maximum atomic E-state index is 12.4. The summed E-state index contributed by atoms with van der Waals surface area (Å²) in [6, 6.07) is 17.4. The first-order valence-electron chi connectivity index (χ1n) is 8.86. The molecule has 7 nitrogen and oxygen atoms in total. The van der Waals surface area contributed by atoms with Gasteiger partial charge < -0.3 is 9.84 Å². The molecular formula is C20H21N3O4S2. The maximum Gasteiger partial charge on any atom is 0.263 e. The van der Waals surface area contributed by atoms with Crippen molar-refractivity contribution >= 4 is 39.2 Å². The number of thioether (sulfide) groups is 1. The zero-order chi connectivity index (χ0) is 20.9. The molecule has 2 aromatic carbocycles. The molecule has 1 unspecified atom stereocenters. The molecule has 2 N–H and O–H groups in total. The number of benzene rings is 2. The molecule has 0 aliphatic carbocycles. The first-order chi connectivity index (χ1) is 13.8. The normalized spacial score (nSPS) is 12.3. The van der Waals surface area contributed by atoms with Crippen LogP contribution in [-0.4, -0.2) is 24.7 Å². The minimum atomic E-state index is -3.79.